The molecule has 8 N–H and O–H groups in total. The first kappa shape index (κ1) is 44.9. The van der Waals surface area contributed by atoms with Gasteiger partial charge in [0.25, 0.3) is 0 Å². The largest absolute Gasteiger partial charge is 0.380 e. The highest BCUT2D eigenvalue weighted by atomic mass is 31.0. The molecule has 0 aromatic carbocycles. The summed E-state index contributed by atoms with van der Waals surface area (Å²) in [6, 6.07) is 0. The average Bonchev–Trinajstić information content (AvgIpc) is 2.13. The highest BCUT2D eigenvalue weighted by molar-refractivity contribution is 7.09. The average molecular weight is 267 g/mol. The monoisotopic (exact) mass is 267 g/mol. The molecule has 0 radical (unpaired) electrons. The minimum absolute atomic E-state index is 0. The number of rotatable bonds is 1. The van der Waals surface area contributed by atoms with Gasteiger partial charge in [-0.1, -0.05) is 35.6 Å². The van der Waals surface area contributed by atoms with Gasteiger partial charge in [-0.15, -0.1) is 0 Å². The summed E-state index contributed by atoms with van der Waals surface area (Å²) in [5, 5.41) is 0. The first-order valence-corrected chi connectivity index (χ1v) is 4.74. The third-order valence-corrected chi connectivity index (χ3v) is 0.644. The Kier molecular flexibility index (Phi) is 255. The predicted octanol–water partition coefficient (Wildman–Crippen LogP) is 2.29. The van der Waals surface area contributed by atoms with Crippen molar-refractivity contribution in [2.75, 3.05) is 6.54 Å². The molecule has 0 fully saturated rings. The predicted molar refractivity (Wildman–Crippen MR) is 80.9 cm³/mol. The van der Waals surface area contributed by atoms with Gasteiger partial charge in [0, 0.05) is 9.47 Å². The molecule has 0 saturated carbocycles. The molecule has 0 heterocycles. The first-order chi connectivity index (χ1) is 5.68. The van der Waals surface area contributed by atoms with Gasteiger partial charge in [-0.25, -0.2) is 0 Å². The molecule has 7 heteroatoms. The Balaban J connectivity index is -0.0000000115. The fourth-order valence-corrected chi connectivity index (χ4v) is 0. The van der Waals surface area contributed by atoms with Crippen molar-refractivity contribution in [1.29, 1.82) is 0 Å². The molecule has 0 spiro atoms. The third kappa shape index (κ3) is 332. The maximum absolute atomic E-state index is 6.92. The van der Waals surface area contributed by atoms with Gasteiger partial charge >= 0.3 is 0 Å². The van der Waals surface area contributed by atoms with Crippen LogP contribution in [0.1, 0.15) is 42.5 Å². The van der Waals surface area contributed by atoms with Crippen LogP contribution in [0.3, 0.4) is 0 Å². The van der Waals surface area contributed by atoms with Crippen molar-refractivity contribution in [2.45, 2.75) is 48.8 Å². The van der Waals surface area contributed by atoms with E-state index in [0.717, 1.165) is 6.54 Å². The molecule has 0 aliphatic heterocycles. The van der Waals surface area contributed by atoms with Crippen molar-refractivity contribution in [2.24, 2.45) is 11.5 Å². The molecular weight excluding hydrogens is 232 g/mol. The lowest BCUT2D eigenvalue weighted by molar-refractivity contribution is 0.273. The van der Waals surface area contributed by atoms with Gasteiger partial charge in [-0.05, 0) is 22.9 Å². The Labute approximate surface area is 102 Å². The molecule has 3 atom stereocenters. The lowest BCUT2D eigenvalue weighted by Crippen LogP contribution is -2.13. The van der Waals surface area contributed by atoms with E-state index in [9.17, 15) is 0 Å². The van der Waals surface area contributed by atoms with Gasteiger partial charge in [-0.2, -0.15) is 0 Å². The van der Waals surface area contributed by atoms with E-state index < -0.39 is 0 Å². The van der Waals surface area contributed by atoms with Gasteiger partial charge < -0.3 is 27.0 Å². The van der Waals surface area contributed by atoms with Crippen molar-refractivity contribution in [1.82, 2.24) is 6.15 Å². The minimum Gasteiger partial charge on any atom is -0.380 e. The van der Waals surface area contributed by atoms with Crippen LogP contribution in [0.15, 0.2) is 0 Å². The van der Waals surface area contributed by atoms with Crippen LogP contribution in [0.2, 0.25) is 0 Å². The summed E-state index contributed by atoms with van der Waals surface area (Å²) >= 11 is 0. The quantitative estimate of drug-likeness (QED) is 0.429. The molecule has 104 valence electrons. The van der Waals surface area contributed by atoms with E-state index in [0.29, 0.717) is 0 Å². The second-order valence-electron chi connectivity index (χ2n) is 1.25. The van der Waals surface area contributed by atoms with Crippen molar-refractivity contribution < 1.29 is 9.42 Å². The number of hydrogen-bond acceptors (Lipinski definition) is 5. The Morgan fingerprint density at radius 2 is 1.33 bits per heavy atom. The van der Waals surface area contributed by atoms with Crippen LogP contribution in [-0.4, -0.2) is 17.7 Å². The van der Waals surface area contributed by atoms with Crippen molar-refractivity contribution >= 4 is 18.9 Å². The highest BCUT2D eigenvalue weighted by Gasteiger charge is 1.78. The van der Waals surface area contributed by atoms with Gasteiger partial charge in [0.2, 0.25) is 0 Å². The number of nitrogens with two attached hydrogens (primary N) is 2. The van der Waals surface area contributed by atoms with E-state index in [1.807, 2.05) is 20.8 Å². The van der Waals surface area contributed by atoms with E-state index in [-0.39, 0.29) is 27.2 Å². The molecule has 0 aromatic rings. The maximum atomic E-state index is 6.92. The molecule has 0 aliphatic carbocycles. The second kappa shape index (κ2) is 85.4. The van der Waals surface area contributed by atoms with Crippen molar-refractivity contribution in [3.8, 4) is 0 Å². The van der Waals surface area contributed by atoms with E-state index in [4.69, 9.17) is 16.4 Å². The summed E-state index contributed by atoms with van der Waals surface area (Å²) in [4.78, 5) is 6.92. The molecule has 0 saturated heterocycles. The van der Waals surface area contributed by atoms with Crippen LogP contribution >= 0.6 is 18.9 Å². The Hall–Kier alpha value is 0.660. The van der Waals surface area contributed by atoms with Crippen LogP contribution in [0.4, 0.5) is 0 Å². The minimum atomic E-state index is -0.153. The summed E-state index contributed by atoms with van der Waals surface area (Å²) in [5.41, 5.74) is 9.90. The van der Waals surface area contributed by atoms with Crippen molar-refractivity contribution in [3.63, 3.8) is 0 Å². The fourth-order valence-electron chi connectivity index (χ4n) is 0. The zero-order valence-electron chi connectivity index (χ0n) is 9.16. The zero-order chi connectivity index (χ0) is 11.0. The molecule has 3 unspecified atom stereocenters. The Morgan fingerprint density at radius 1 is 1.27 bits per heavy atom. The van der Waals surface area contributed by atoms with E-state index in [1.165, 1.54) is 9.47 Å². The Bertz CT molecular complexity index is 47.1. The molecule has 5 nitrogen and oxygen atoms in total. The standard InChI is InChI=1S/C2H8NOP.C2H7N.C2H6.2CH4.H3N.H3OP/c1-2(3)4-5;1-2-3;1-2;;;;1-2/h2H,3,5H2,1H3;2-3H2,1H3;1-2H3;2*1H4;1H3;1H,2H2. The summed E-state index contributed by atoms with van der Waals surface area (Å²) < 4.78 is 4.44. The van der Waals surface area contributed by atoms with Gasteiger partial charge in [0.15, 0.2) is 0 Å². The van der Waals surface area contributed by atoms with Crippen LogP contribution in [0.5, 0.6) is 0 Å². The third-order valence-electron chi connectivity index (χ3n) is 0.215. The highest BCUT2D eigenvalue weighted by Crippen LogP contribution is 1.85. The molecule has 15 heavy (non-hydrogen) atoms. The summed E-state index contributed by atoms with van der Waals surface area (Å²) in [5.74, 6) is 0. The molecule has 0 bridgehead atoms. The second-order valence-corrected chi connectivity index (χ2v) is 1.52. The van der Waals surface area contributed by atoms with Crippen LogP contribution in [0.25, 0.3) is 0 Å². The normalized spacial score (nSPS) is 7.00. The summed E-state index contributed by atoms with van der Waals surface area (Å²) in [6.45, 7) is 8.41. The molecule has 0 aliphatic rings. The van der Waals surface area contributed by atoms with Gasteiger partial charge in [-0.3, -0.25) is 0 Å². The molecule has 0 rings (SSSR count). The van der Waals surface area contributed by atoms with Crippen LogP contribution < -0.4 is 17.6 Å². The Morgan fingerprint density at radius 3 is 1.33 bits per heavy atom. The number of hydrogen-bond donors (Lipinski definition) is 4. The summed E-state index contributed by atoms with van der Waals surface area (Å²) in [6.07, 6.45) is -0.153. The fraction of sp³-hybridized carbons (Fsp3) is 1.00. The lowest BCUT2D eigenvalue weighted by Gasteiger charge is -1.95. The summed E-state index contributed by atoms with van der Waals surface area (Å²) in [7, 11) is 3.49. The maximum Gasteiger partial charge on any atom is 0.106 e. The SMILES string of the molecule is C.C.CC.CC(N)OP.CCN.N.OP. The van der Waals surface area contributed by atoms with Crippen molar-refractivity contribution in [3.05, 3.63) is 0 Å². The molecule has 0 aromatic heterocycles. The van der Waals surface area contributed by atoms with Crippen LogP contribution in [0, 0.1) is 0 Å². The van der Waals surface area contributed by atoms with E-state index in [2.05, 4.69) is 14.0 Å². The van der Waals surface area contributed by atoms with E-state index in [1.54, 1.807) is 6.92 Å². The topological polar surface area (TPSA) is 116 Å². The van der Waals surface area contributed by atoms with Gasteiger partial charge in [0.05, 0.1) is 0 Å². The van der Waals surface area contributed by atoms with E-state index >= 15 is 0 Å². The zero-order valence-corrected chi connectivity index (χ0v) is 11.5. The lowest BCUT2D eigenvalue weighted by atomic mass is 10.7. The smallest absolute Gasteiger partial charge is 0.106 e. The van der Waals surface area contributed by atoms with Crippen LogP contribution in [-0.2, 0) is 4.52 Å². The molecular formula is C8H35N3O2P2. The molecule has 0 amide bonds. The van der Waals surface area contributed by atoms with Gasteiger partial charge in [0.1, 0.15) is 6.23 Å². The first-order valence-electron chi connectivity index (χ1n) is 3.76.